The van der Waals surface area contributed by atoms with E-state index in [4.69, 9.17) is 0 Å². The van der Waals surface area contributed by atoms with Crippen molar-refractivity contribution in [2.75, 3.05) is 36.0 Å². The molecule has 1 saturated carbocycles. The lowest BCUT2D eigenvalue weighted by Gasteiger charge is -2.37. The van der Waals surface area contributed by atoms with E-state index in [9.17, 15) is 13.2 Å². The molecule has 2 aliphatic carbocycles. The summed E-state index contributed by atoms with van der Waals surface area (Å²) in [5.41, 5.74) is 1.52. The highest BCUT2D eigenvalue weighted by Crippen LogP contribution is 2.40. The van der Waals surface area contributed by atoms with E-state index in [0.717, 1.165) is 49.7 Å². The van der Waals surface area contributed by atoms with Gasteiger partial charge in [-0.15, -0.1) is 0 Å². The van der Waals surface area contributed by atoms with E-state index >= 15 is 0 Å². The highest BCUT2D eigenvalue weighted by Gasteiger charge is 2.37. The molecule has 2 fully saturated rings. The molecule has 0 spiro atoms. The van der Waals surface area contributed by atoms with Gasteiger partial charge >= 0.3 is 6.18 Å². The lowest BCUT2D eigenvalue weighted by molar-refractivity contribution is -0.141. The summed E-state index contributed by atoms with van der Waals surface area (Å²) in [7, 11) is 0. The maximum atomic E-state index is 13.3. The summed E-state index contributed by atoms with van der Waals surface area (Å²) in [5.74, 6) is 1.78. The van der Waals surface area contributed by atoms with Crippen LogP contribution in [-0.2, 0) is 19.0 Å². The van der Waals surface area contributed by atoms with Gasteiger partial charge in [-0.3, -0.25) is 0 Å². The first-order chi connectivity index (χ1) is 13.5. The zero-order valence-electron chi connectivity index (χ0n) is 15.4. The Kier molecular flexibility index (Phi) is 4.13. The Morgan fingerprint density at radius 1 is 0.929 bits per heavy atom. The van der Waals surface area contributed by atoms with Gasteiger partial charge in [0.25, 0.3) is 0 Å². The lowest BCUT2D eigenvalue weighted by Crippen LogP contribution is -2.47. The Labute approximate surface area is 160 Å². The summed E-state index contributed by atoms with van der Waals surface area (Å²) in [6.07, 6.45) is 2.00. The van der Waals surface area contributed by atoms with Crippen LogP contribution in [0.15, 0.2) is 12.4 Å². The first-order valence-electron chi connectivity index (χ1n) is 9.78. The number of aryl methyl sites for hydroxylation is 1. The minimum Gasteiger partial charge on any atom is -0.353 e. The molecule has 3 aliphatic rings. The Hall–Kier alpha value is -2.45. The molecule has 0 aromatic carbocycles. The van der Waals surface area contributed by atoms with E-state index in [-0.39, 0.29) is 5.92 Å². The van der Waals surface area contributed by atoms with Crippen LogP contribution in [0.5, 0.6) is 0 Å². The molecular weight excluding hydrogens is 369 g/mol. The predicted molar refractivity (Wildman–Crippen MR) is 97.5 cm³/mol. The van der Waals surface area contributed by atoms with Crippen molar-refractivity contribution in [3.05, 3.63) is 35.2 Å². The molecule has 0 bridgehead atoms. The number of nitrogens with zero attached hydrogens (tertiary/aromatic N) is 6. The first kappa shape index (κ1) is 17.6. The van der Waals surface area contributed by atoms with E-state index in [2.05, 4.69) is 24.8 Å². The zero-order chi connectivity index (χ0) is 19.3. The highest BCUT2D eigenvalue weighted by atomic mass is 19.4. The van der Waals surface area contributed by atoms with Gasteiger partial charge in [0.1, 0.15) is 29.5 Å². The van der Waals surface area contributed by atoms with Crippen molar-refractivity contribution < 1.29 is 13.2 Å². The van der Waals surface area contributed by atoms with E-state index in [1.165, 1.54) is 5.56 Å². The van der Waals surface area contributed by atoms with Gasteiger partial charge in [-0.25, -0.2) is 19.9 Å². The third kappa shape index (κ3) is 3.27. The van der Waals surface area contributed by atoms with Crippen molar-refractivity contribution in [3.8, 4) is 0 Å². The van der Waals surface area contributed by atoms with Crippen LogP contribution in [-0.4, -0.2) is 46.1 Å². The molecule has 0 amide bonds. The second kappa shape index (κ2) is 6.56. The molecule has 3 heterocycles. The number of piperazine rings is 1. The molecule has 5 rings (SSSR count). The lowest BCUT2D eigenvalue weighted by atomic mass is 10.2. The van der Waals surface area contributed by atoms with Crippen molar-refractivity contribution in [1.29, 1.82) is 0 Å². The number of hydrogen-bond donors (Lipinski definition) is 0. The smallest absolute Gasteiger partial charge is 0.353 e. The van der Waals surface area contributed by atoms with Gasteiger partial charge in [-0.2, -0.15) is 13.2 Å². The molecule has 0 unspecified atom stereocenters. The van der Waals surface area contributed by atoms with Gasteiger partial charge in [-0.1, -0.05) is 0 Å². The second-order valence-corrected chi connectivity index (χ2v) is 7.69. The van der Waals surface area contributed by atoms with E-state index in [1.54, 1.807) is 6.33 Å². The Morgan fingerprint density at radius 3 is 2.39 bits per heavy atom. The third-order valence-electron chi connectivity index (χ3n) is 5.72. The number of alkyl halides is 3. The fourth-order valence-electron chi connectivity index (χ4n) is 4.05. The predicted octanol–water partition coefficient (Wildman–Crippen LogP) is 2.98. The van der Waals surface area contributed by atoms with Crippen molar-refractivity contribution in [2.24, 2.45) is 0 Å². The summed E-state index contributed by atoms with van der Waals surface area (Å²) >= 11 is 0. The molecule has 0 N–H and O–H groups in total. The monoisotopic (exact) mass is 390 g/mol. The molecule has 28 heavy (non-hydrogen) atoms. The number of aromatic nitrogens is 4. The summed E-state index contributed by atoms with van der Waals surface area (Å²) in [6, 6.07) is 1.09. The maximum Gasteiger partial charge on any atom is 0.433 e. The highest BCUT2D eigenvalue weighted by molar-refractivity contribution is 5.52. The minimum absolute atomic E-state index is 0.0749. The molecule has 2 aromatic rings. The average molecular weight is 390 g/mol. The van der Waals surface area contributed by atoms with Crippen LogP contribution < -0.4 is 9.80 Å². The number of rotatable bonds is 3. The molecule has 6 nitrogen and oxygen atoms in total. The number of hydrogen-bond acceptors (Lipinski definition) is 6. The largest absolute Gasteiger partial charge is 0.433 e. The van der Waals surface area contributed by atoms with Gasteiger partial charge in [0, 0.05) is 49.4 Å². The van der Waals surface area contributed by atoms with Crippen LogP contribution in [0, 0.1) is 0 Å². The fraction of sp³-hybridized carbons (Fsp3) is 0.579. The average Bonchev–Trinajstić information content (AvgIpc) is 3.44. The van der Waals surface area contributed by atoms with E-state index < -0.39 is 11.9 Å². The molecule has 0 radical (unpaired) electrons. The molecule has 1 aliphatic heterocycles. The molecule has 9 heteroatoms. The summed E-state index contributed by atoms with van der Waals surface area (Å²) in [4.78, 5) is 21.2. The van der Waals surface area contributed by atoms with E-state index in [0.29, 0.717) is 37.8 Å². The molecular formula is C19H21F3N6. The third-order valence-corrected chi connectivity index (χ3v) is 5.72. The first-order valence-corrected chi connectivity index (χ1v) is 9.78. The van der Waals surface area contributed by atoms with Gasteiger partial charge in [0.15, 0.2) is 0 Å². The molecule has 0 atom stereocenters. The van der Waals surface area contributed by atoms with Crippen molar-refractivity contribution in [2.45, 2.75) is 44.2 Å². The van der Waals surface area contributed by atoms with Crippen LogP contribution in [0.3, 0.4) is 0 Å². The maximum absolute atomic E-state index is 13.3. The van der Waals surface area contributed by atoms with Gasteiger partial charge in [0.05, 0.1) is 0 Å². The Bertz CT molecular complexity index is 888. The normalized spacial score (nSPS) is 19.8. The van der Waals surface area contributed by atoms with Crippen LogP contribution >= 0.6 is 0 Å². The SMILES string of the molecule is FC(F)(F)c1cc(N2CCN(c3ncnc4c3CCC4)CC2)nc(C2CC2)n1. The van der Waals surface area contributed by atoms with Crippen LogP contribution in [0.2, 0.25) is 0 Å². The van der Waals surface area contributed by atoms with E-state index in [1.807, 2.05) is 4.90 Å². The van der Waals surface area contributed by atoms with Gasteiger partial charge in [0.2, 0.25) is 0 Å². The van der Waals surface area contributed by atoms with Crippen molar-refractivity contribution in [3.63, 3.8) is 0 Å². The Morgan fingerprint density at radius 2 is 1.68 bits per heavy atom. The Balaban J connectivity index is 1.36. The van der Waals surface area contributed by atoms with Crippen molar-refractivity contribution in [1.82, 2.24) is 19.9 Å². The molecule has 1 saturated heterocycles. The number of halogens is 3. The zero-order valence-corrected chi connectivity index (χ0v) is 15.4. The van der Waals surface area contributed by atoms with Crippen molar-refractivity contribution >= 4 is 11.6 Å². The van der Waals surface area contributed by atoms with Crippen LogP contribution in [0.1, 0.15) is 48.0 Å². The quantitative estimate of drug-likeness (QED) is 0.803. The molecule has 2 aromatic heterocycles. The standard InChI is InChI=1S/C19H21F3N6/c20-19(21,22)15-10-16(26-17(25-15)12-4-5-12)27-6-8-28(9-7-27)18-13-2-1-3-14(13)23-11-24-18/h10-12H,1-9H2. The fourth-order valence-corrected chi connectivity index (χ4v) is 4.05. The second-order valence-electron chi connectivity index (χ2n) is 7.69. The topological polar surface area (TPSA) is 58.0 Å². The molecule has 148 valence electrons. The van der Waals surface area contributed by atoms with Gasteiger partial charge < -0.3 is 9.80 Å². The summed E-state index contributed by atoms with van der Waals surface area (Å²) in [6.45, 7) is 2.62. The van der Waals surface area contributed by atoms with Crippen LogP contribution in [0.25, 0.3) is 0 Å². The van der Waals surface area contributed by atoms with Gasteiger partial charge in [-0.05, 0) is 32.1 Å². The number of fused-ring (bicyclic) bond motifs is 1. The van der Waals surface area contributed by atoms with Crippen LogP contribution in [0.4, 0.5) is 24.8 Å². The summed E-state index contributed by atoms with van der Waals surface area (Å²) < 4.78 is 39.8. The summed E-state index contributed by atoms with van der Waals surface area (Å²) in [5, 5.41) is 0. The number of anilines is 2. The minimum atomic E-state index is -4.45.